The highest BCUT2D eigenvalue weighted by molar-refractivity contribution is 4.94. The maximum absolute atomic E-state index is 3.38. The largest absolute Gasteiger partial charge is 0.317 e. The molecule has 1 saturated carbocycles. The van der Waals surface area contributed by atoms with Crippen LogP contribution in [0.25, 0.3) is 0 Å². The lowest BCUT2D eigenvalue weighted by molar-refractivity contribution is 0.0790. The summed E-state index contributed by atoms with van der Waals surface area (Å²) in [5.41, 5.74) is 0.609. The van der Waals surface area contributed by atoms with Crippen LogP contribution in [0, 0.1) is 11.3 Å². The number of rotatable bonds is 7. The molecule has 0 bridgehead atoms. The molecule has 1 N–H and O–H groups in total. The van der Waals surface area contributed by atoms with Crippen molar-refractivity contribution in [3.63, 3.8) is 0 Å². The topological polar surface area (TPSA) is 15.3 Å². The first-order valence-electron chi connectivity index (χ1n) is 7.88. The van der Waals surface area contributed by atoms with Gasteiger partial charge in [-0.15, -0.1) is 0 Å². The fourth-order valence-electron chi connectivity index (χ4n) is 2.86. The van der Waals surface area contributed by atoms with Crippen LogP contribution in [0.2, 0.25) is 0 Å². The zero-order valence-corrected chi connectivity index (χ0v) is 13.8. The highest BCUT2D eigenvalue weighted by Crippen LogP contribution is 2.43. The van der Waals surface area contributed by atoms with Gasteiger partial charge < -0.3 is 10.2 Å². The molecule has 0 spiro atoms. The molecule has 0 aromatic rings. The first kappa shape index (κ1) is 17.9. The molecule has 0 aliphatic heterocycles. The Morgan fingerprint density at radius 3 is 2.22 bits per heavy atom. The van der Waals surface area contributed by atoms with Crippen LogP contribution in [0.1, 0.15) is 60.8 Å². The average molecular weight is 256 g/mol. The van der Waals surface area contributed by atoms with Crippen LogP contribution in [0.3, 0.4) is 0 Å². The highest BCUT2D eigenvalue weighted by Gasteiger charge is 2.38. The summed E-state index contributed by atoms with van der Waals surface area (Å²) in [5.74, 6) is 0.791. The van der Waals surface area contributed by atoms with Crippen molar-refractivity contribution in [2.45, 2.75) is 66.8 Å². The molecular formula is C16H36N2. The molecule has 0 radical (unpaired) electrons. The molecule has 1 aliphatic rings. The summed E-state index contributed by atoms with van der Waals surface area (Å²) in [4.78, 5) is 2.60. The Balaban J connectivity index is 0.00000137. The van der Waals surface area contributed by atoms with Crippen LogP contribution in [0.15, 0.2) is 0 Å². The van der Waals surface area contributed by atoms with Gasteiger partial charge in [-0.25, -0.2) is 0 Å². The summed E-state index contributed by atoms with van der Waals surface area (Å²) >= 11 is 0. The van der Waals surface area contributed by atoms with Crippen molar-refractivity contribution >= 4 is 0 Å². The van der Waals surface area contributed by atoms with Crippen molar-refractivity contribution in [2.24, 2.45) is 11.3 Å². The number of nitrogens with zero attached hydrogens (tertiary/aromatic N) is 1. The highest BCUT2D eigenvalue weighted by atomic mass is 15.1. The van der Waals surface area contributed by atoms with E-state index in [0.29, 0.717) is 5.41 Å². The molecule has 2 nitrogen and oxygen atoms in total. The first-order chi connectivity index (χ1) is 8.49. The van der Waals surface area contributed by atoms with Crippen molar-refractivity contribution in [1.82, 2.24) is 10.2 Å². The minimum Gasteiger partial charge on any atom is -0.317 e. The Hall–Kier alpha value is -0.0800. The van der Waals surface area contributed by atoms with Gasteiger partial charge in [-0.3, -0.25) is 0 Å². The molecule has 0 unspecified atom stereocenters. The van der Waals surface area contributed by atoms with Crippen LogP contribution in [0.4, 0.5) is 0 Å². The van der Waals surface area contributed by atoms with Crippen molar-refractivity contribution in [3.8, 4) is 0 Å². The van der Waals surface area contributed by atoms with Crippen LogP contribution in [-0.4, -0.2) is 37.6 Å². The third-order valence-corrected chi connectivity index (χ3v) is 3.99. The second kappa shape index (κ2) is 8.92. The molecule has 0 saturated heterocycles. The molecule has 0 heterocycles. The van der Waals surface area contributed by atoms with E-state index in [4.69, 9.17) is 0 Å². The van der Waals surface area contributed by atoms with E-state index in [2.05, 4.69) is 45.0 Å². The van der Waals surface area contributed by atoms with Crippen molar-refractivity contribution in [2.75, 3.05) is 26.7 Å². The fourth-order valence-corrected chi connectivity index (χ4v) is 2.86. The van der Waals surface area contributed by atoms with Crippen molar-refractivity contribution in [1.29, 1.82) is 0 Å². The van der Waals surface area contributed by atoms with Crippen molar-refractivity contribution < 1.29 is 0 Å². The summed E-state index contributed by atoms with van der Waals surface area (Å²) < 4.78 is 0. The zero-order valence-electron chi connectivity index (χ0n) is 13.8. The third kappa shape index (κ3) is 6.19. The van der Waals surface area contributed by atoms with Gasteiger partial charge in [0.15, 0.2) is 0 Å². The number of hydrogen-bond acceptors (Lipinski definition) is 2. The van der Waals surface area contributed by atoms with Crippen LogP contribution < -0.4 is 5.32 Å². The monoisotopic (exact) mass is 256 g/mol. The molecule has 0 amide bonds. The van der Waals surface area contributed by atoms with E-state index < -0.39 is 0 Å². The molecule has 1 aliphatic carbocycles. The van der Waals surface area contributed by atoms with Crippen molar-refractivity contribution in [3.05, 3.63) is 0 Å². The van der Waals surface area contributed by atoms with Crippen LogP contribution in [0.5, 0.6) is 0 Å². The molecule has 1 fully saturated rings. The van der Waals surface area contributed by atoms with Gasteiger partial charge in [0.2, 0.25) is 0 Å². The molecule has 0 atom stereocenters. The number of hydrogen-bond donors (Lipinski definition) is 1. The molecule has 110 valence electrons. The summed E-state index contributed by atoms with van der Waals surface area (Å²) in [6, 6.07) is 0.783. The van der Waals surface area contributed by atoms with Crippen LogP contribution in [-0.2, 0) is 0 Å². The van der Waals surface area contributed by atoms with E-state index in [-0.39, 0.29) is 0 Å². The Morgan fingerprint density at radius 1 is 1.28 bits per heavy atom. The van der Waals surface area contributed by atoms with Gasteiger partial charge in [0.1, 0.15) is 0 Å². The second-order valence-corrected chi connectivity index (χ2v) is 6.24. The predicted molar refractivity (Wildman–Crippen MR) is 83.1 cm³/mol. The van der Waals surface area contributed by atoms with Gasteiger partial charge in [0.25, 0.3) is 0 Å². The van der Waals surface area contributed by atoms with E-state index in [9.17, 15) is 0 Å². The molecule has 18 heavy (non-hydrogen) atoms. The molecule has 0 aromatic carbocycles. The van der Waals surface area contributed by atoms with Gasteiger partial charge in [0, 0.05) is 12.6 Å². The minimum absolute atomic E-state index is 0.609. The molecule has 1 rings (SSSR count). The summed E-state index contributed by atoms with van der Waals surface area (Å²) in [5, 5.41) is 3.38. The Morgan fingerprint density at radius 2 is 1.83 bits per heavy atom. The summed E-state index contributed by atoms with van der Waals surface area (Å²) in [6.07, 6.45) is 4.09. The normalized spacial score (nSPS) is 26.8. The number of nitrogens with one attached hydrogen (secondary N) is 1. The molecule has 2 heteroatoms. The van der Waals surface area contributed by atoms with Gasteiger partial charge in [-0.05, 0) is 50.7 Å². The third-order valence-electron chi connectivity index (χ3n) is 3.99. The Kier molecular flexibility index (Phi) is 8.89. The van der Waals surface area contributed by atoms with E-state index in [0.717, 1.165) is 12.0 Å². The maximum atomic E-state index is 3.38. The lowest BCUT2D eigenvalue weighted by Gasteiger charge is -2.46. The van der Waals surface area contributed by atoms with E-state index in [1.165, 1.54) is 38.9 Å². The SMILES string of the molecule is CC.CCN(CCC1(C)CC(NC)C1)CC(C)C. The summed E-state index contributed by atoms with van der Waals surface area (Å²) in [6.45, 7) is 17.1. The first-order valence-corrected chi connectivity index (χ1v) is 7.88. The van der Waals surface area contributed by atoms with Crippen LogP contribution >= 0.6 is 0 Å². The average Bonchev–Trinajstić information content (AvgIpc) is 2.33. The minimum atomic E-state index is 0.609. The predicted octanol–water partition coefficient (Wildman–Crippen LogP) is 3.77. The quantitative estimate of drug-likeness (QED) is 0.746. The fraction of sp³-hybridized carbons (Fsp3) is 1.00. The maximum Gasteiger partial charge on any atom is 0.00744 e. The molecular weight excluding hydrogens is 220 g/mol. The smallest absolute Gasteiger partial charge is 0.00744 e. The standard InChI is InChI=1S/C14H30N2.C2H6/c1-6-16(11-12(2)3)8-7-14(4)9-13(10-14)15-5;1-2/h12-13,15H,6-11H2,1-5H3;1-2H3. The van der Waals surface area contributed by atoms with Gasteiger partial charge in [0.05, 0.1) is 0 Å². The Bertz CT molecular complexity index is 195. The molecule has 0 aromatic heterocycles. The Labute approximate surface area is 116 Å². The second-order valence-electron chi connectivity index (χ2n) is 6.24. The van der Waals surface area contributed by atoms with E-state index in [1.807, 2.05) is 13.8 Å². The summed E-state index contributed by atoms with van der Waals surface area (Å²) in [7, 11) is 2.08. The lowest BCUT2D eigenvalue weighted by atomic mass is 9.65. The zero-order chi connectivity index (χ0) is 14.2. The van der Waals surface area contributed by atoms with E-state index >= 15 is 0 Å². The van der Waals surface area contributed by atoms with Gasteiger partial charge in [-0.2, -0.15) is 0 Å². The van der Waals surface area contributed by atoms with E-state index in [1.54, 1.807) is 0 Å². The van der Waals surface area contributed by atoms with Gasteiger partial charge >= 0.3 is 0 Å². The lowest BCUT2D eigenvalue weighted by Crippen LogP contribution is -2.47. The van der Waals surface area contributed by atoms with Gasteiger partial charge in [-0.1, -0.05) is 41.5 Å².